The van der Waals surface area contributed by atoms with Gasteiger partial charge in [-0.05, 0) is 111 Å². The molecule has 4 aliphatic carbocycles. The number of halogens is 1. The summed E-state index contributed by atoms with van der Waals surface area (Å²) < 4.78 is 6.01. The van der Waals surface area contributed by atoms with Gasteiger partial charge in [-0.15, -0.1) is 12.4 Å². The zero-order valence-corrected chi connectivity index (χ0v) is 32.9. The maximum absolute atomic E-state index is 12.7. The van der Waals surface area contributed by atoms with Crippen LogP contribution in [-0.4, -0.2) is 42.6 Å². The van der Waals surface area contributed by atoms with Crippen LogP contribution in [0.5, 0.6) is 0 Å². The Morgan fingerprint density at radius 2 is 1.64 bits per heavy atom. The fourth-order valence-corrected chi connectivity index (χ4v) is 12.1. The van der Waals surface area contributed by atoms with E-state index in [0.29, 0.717) is 16.9 Å². The van der Waals surface area contributed by atoms with E-state index in [9.17, 15) is 9.59 Å². The molecule has 8 atom stereocenters. The third-order valence-electron chi connectivity index (χ3n) is 13.0. The highest BCUT2D eigenvalue weighted by Gasteiger charge is 2.59. The summed E-state index contributed by atoms with van der Waals surface area (Å²) in [4.78, 5) is 24.9. The van der Waals surface area contributed by atoms with Crippen LogP contribution in [-0.2, 0) is 14.3 Å². The standard InChI is InChI=1S/C39H68N2O3S2.ClH/c1-28(2)13-12-14-29(3)33-17-18-34-32-16-15-30-25-31(19-21-38(30,4)35(32)20-22-39(33,34)5)44-37(43)27-46-45-26-36(42)41-24-11-9-7-6-8-10-23-40;/h15,28-29,31-35H,6-14,16-27,40H2,1-5H3,(H,41,42);1H. The van der Waals surface area contributed by atoms with Crippen LogP contribution < -0.4 is 11.1 Å². The SMILES string of the molecule is CC(C)CCCC(C)C1CCC2C3CC=C4CC(OC(=O)CSSCC(=O)NCCCCCCCCN)CCC4(C)C3CCC12C.Cl. The van der Waals surface area contributed by atoms with Gasteiger partial charge in [-0.1, -0.05) is 113 Å². The Morgan fingerprint density at radius 1 is 0.915 bits per heavy atom. The van der Waals surface area contributed by atoms with Crippen LogP contribution in [0.2, 0.25) is 0 Å². The number of allylic oxidation sites excluding steroid dienone is 1. The molecule has 0 aromatic rings. The second-order valence-corrected chi connectivity index (χ2v) is 18.9. The van der Waals surface area contributed by atoms with Gasteiger partial charge in [0.15, 0.2) is 0 Å². The maximum atomic E-state index is 12.7. The Kier molecular flexibility index (Phi) is 17.4. The van der Waals surface area contributed by atoms with Crippen molar-refractivity contribution in [1.82, 2.24) is 5.32 Å². The summed E-state index contributed by atoms with van der Waals surface area (Å²) in [5.74, 6) is 5.66. The molecule has 0 aromatic carbocycles. The minimum Gasteiger partial charge on any atom is -0.461 e. The number of rotatable bonds is 19. The first-order valence-electron chi connectivity index (χ1n) is 19.2. The molecular weight excluding hydrogens is 644 g/mol. The van der Waals surface area contributed by atoms with Crippen LogP contribution in [0, 0.1) is 46.3 Å². The highest BCUT2D eigenvalue weighted by Crippen LogP contribution is 2.67. The zero-order chi connectivity index (χ0) is 33.2. The molecule has 3 saturated carbocycles. The fourth-order valence-electron chi connectivity index (χ4n) is 10.4. The van der Waals surface area contributed by atoms with Crippen molar-refractivity contribution in [2.24, 2.45) is 52.1 Å². The van der Waals surface area contributed by atoms with Gasteiger partial charge in [0.05, 0.1) is 5.75 Å². The van der Waals surface area contributed by atoms with Crippen molar-refractivity contribution in [2.45, 2.75) is 150 Å². The molecule has 0 bridgehead atoms. The molecule has 1 amide bonds. The monoisotopic (exact) mass is 712 g/mol. The summed E-state index contributed by atoms with van der Waals surface area (Å²) in [6.45, 7) is 14.0. The highest BCUT2D eigenvalue weighted by atomic mass is 35.5. The number of amides is 1. The first-order chi connectivity index (χ1) is 22.1. The predicted molar refractivity (Wildman–Crippen MR) is 205 cm³/mol. The molecule has 47 heavy (non-hydrogen) atoms. The lowest BCUT2D eigenvalue weighted by Gasteiger charge is -2.58. The third kappa shape index (κ3) is 11.1. The Balaban J connectivity index is 0.00000600. The quantitative estimate of drug-likeness (QED) is 0.0601. The Labute approximate surface area is 302 Å². The molecule has 0 heterocycles. The van der Waals surface area contributed by atoms with Gasteiger partial charge in [0.1, 0.15) is 11.9 Å². The number of fused-ring (bicyclic) bond motifs is 5. The van der Waals surface area contributed by atoms with Gasteiger partial charge in [-0.2, -0.15) is 0 Å². The molecule has 0 saturated heterocycles. The van der Waals surface area contributed by atoms with Gasteiger partial charge in [0.2, 0.25) is 5.91 Å². The summed E-state index contributed by atoms with van der Waals surface area (Å²) in [6, 6.07) is 0. The molecule has 272 valence electrons. The summed E-state index contributed by atoms with van der Waals surface area (Å²) in [5, 5.41) is 3.00. The number of carbonyl (C=O) groups is 2. The molecular formula is C39H69ClN2O3S2. The number of nitrogens with one attached hydrogen (secondary N) is 1. The van der Waals surface area contributed by atoms with Gasteiger partial charge in [0, 0.05) is 13.0 Å². The first kappa shape index (κ1) is 41.1. The Hall–Kier alpha value is -0.370. The summed E-state index contributed by atoms with van der Waals surface area (Å²) >= 11 is 0. The Morgan fingerprint density at radius 3 is 2.38 bits per heavy atom. The van der Waals surface area contributed by atoms with E-state index in [-0.39, 0.29) is 35.8 Å². The van der Waals surface area contributed by atoms with E-state index in [1.807, 2.05) is 0 Å². The minimum absolute atomic E-state index is 0. The fraction of sp³-hybridized carbons (Fsp3) is 0.897. The summed E-state index contributed by atoms with van der Waals surface area (Å²) in [5.41, 5.74) is 7.91. The average molecular weight is 714 g/mol. The smallest absolute Gasteiger partial charge is 0.317 e. The van der Waals surface area contributed by atoms with E-state index < -0.39 is 0 Å². The van der Waals surface area contributed by atoms with E-state index in [4.69, 9.17) is 10.5 Å². The molecule has 3 N–H and O–H groups in total. The first-order valence-corrected chi connectivity index (χ1v) is 21.7. The van der Waals surface area contributed by atoms with Crippen LogP contribution in [0.3, 0.4) is 0 Å². The number of nitrogens with two attached hydrogens (primary N) is 1. The maximum Gasteiger partial charge on any atom is 0.317 e. The molecule has 0 aromatic heterocycles. The molecule has 0 spiro atoms. The number of carbonyl (C=O) groups excluding carboxylic acids is 2. The lowest BCUT2D eigenvalue weighted by molar-refractivity contribution is -0.148. The Bertz CT molecular complexity index is 1010. The van der Waals surface area contributed by atoms with Gasteiger partial charge in [-0.25, -0.2) is 0 Å². The predicted octanol–water partition coefficient (Wildman–Crippen LogP) is 10.2. The second kappa shape index (κ2) is 19.9. The van der Waals surface area contributed by atoms with Crippen molar-refractivity contribution in [2.75, 3.05) is 24.6 Å². The molecule has 5 nitrogen and oxygen atoms in total. The van der Waals surface area contributed by atoms with Crippen LogP contribution >= 0.6 is 34.0 Å². The molecule has 0 radical (unpaired) electrons. The lowest BCUT2D eigenvalue weighted by Crippen LogP contribution is -2.51. The van der Waals surface area contributed by atoms with E-state index in [2.05, 4.69) is 46.0 Å². The van der Waals surface area contributed by atoms with Crippen molar-refractivity contribution in [1.29, 1.82) is 0 Å². The minimum atomic E-state index is -0.136. The van der Waals surface area contributed by atoms with Gasteiger partial charge < -0.3 is 15.8 Å². The van der Waals surface area contributed by atoms with Crippen molar-refractivity contribution in [3.05, 3.63) is 11.6 Å². The molecule has 8 heteroatoms. The lowest BCUT2D eigenvalue weighted by atomic mass is 9.47. The summed E-state index contributed by atoms with van der Waals surface area (Å²) in [6.07, 6.45) is 23.6. The van der Waals surface area contributed by atoms with E-state index in [1.165, 1.54) is 92.2 Å². The van der Waals surface area contributed by atoms with Crippen LogP contribution in [0.25, 0.3) is 0 Å². The topological polar surface area (TPSA) is 81.4 Å². The van der Waals surface area contributed by atoms with Crippen LogP contribution in [0.4, 0.5) is 0 Å². The molecule has 0 aliphatic heterocycles. The molecule has 4 rings (SSSR count). The van der Waals surface area contributed by atoms with Gasteiger partial charge >= 0.3 is 5.97 Å². The average Bonchev–Trinajstić information content (AvgIpc) is 3.38. The van der Waals surface area contributed by atoms with E-state index >= 15 is 0 Å². The number of ether oxygens (including phenoxy) is 1. The summed E-state index contributed by atoms with van der Waals surface area (Å²) in [7, 11) is 2.90. The number of unbranched alkanes of at least 4 members (excludes halogenated alkanes) is 5. The van der Waals surface area contributed by atoms with E-state index in [1.54, 1.807) is 5.57 Å². The van der Waals surface area contributed by atoms with Crippen molar-refractivity contribution < 1.29 is 14.3 Å². The number of hydrogen-bond donors (Lipinski definition) is 2. The zero-order valence-electron chi connectivity index (χ0n) is 30.5. The van der Waals surface area contributed by atoms with E-state index in [0.717, 1.165) is 87.1 Å². The molecule has 3 fully saturated rings. The second-order valence-electron chi connectivity index (χ2n) is 16.4. The largest absolute Gasteiger partial charge is 0.461 e. The van der Waals surface area contributed by atoms with Gasteiger partial charge in [-0.3, -0.25) is 9.59 Å². The van der Waals surface area contributed by atoms with Crippen molar-refractivity contribution in [3.63, 3.8) is 0 Å². The van der Waals surface area contributed by atoms with Crippen molar-refractivity contribution >= 4 is 45.9 Å². The van der Waals surface area contributed by atoms with Crippen molar-refractivity contribution in [3.8, 4) is 0 Å². The van der Waals surface area contributed by atoms with Gasteiger partial charge in [0.25, 0.3) is 0 Å². The molecule has 4 aliphatic rings. The highest BCUT2D eigenvalue weighted by molar-refractivity contribution is 8.77. The third-order valence-corrected chi connectivity index (χ3v) is 15.1. The number of esters is 1. The normalized spacial score (nSPS) is 32.0. The molecule has 8 unspecified atom stereocenters. The number of hydrogen-bond acceptors (Lipinski definition) is 6. The van der Waals surface area contributed by atoms with Crippen LogP contribution in [0.1, 0.15) is 144 Å². The van der Waals surface area contributed by atoms with Crippen LogP contribution in [0.15, 0.2) is 11.6 Å².